The maximum absolute atomic E-state index is 10.5. The van der Waals surface area contributed by atoms with Crippen molar-refractivity contribution in [2.45, 2.75) is 25.0 Å². The first-order valence-electron chi connectivity index (χ1n) is 6.52. The number of aryl methyl sites for hydroxylation is 1. The minimum Gasteiger partial charge on any atom is -0.386 e. The summed E-state index contributed by atoms with van der Waals surface area (Å²) in [4.78, 5) is 0. The van der Waals surface area contributed by atoms with Gasteiger partial charge in [-0.05, 0) is 30.5 Å². The molecule has 2 N–H and O–H groups in total. The van der Waals surface area contributed by atoms with Crippen LogP contribution in [0.4, 0.5) is 5.69 Å². The van der Waals surface area contributed by atoms with E-state index in [1.54, 1.807) is 0 Å². The van der Waals surface area contributed by atoms with Gasteiger partial charge in [-0.2, -0.15) is 0 Å². The van der Waals surface area contributed by atoms with E-state index in [-0.39, 0.29) is 6.04 Å². The van der Waals surface area contributed by atoms with E-state index in [0.29, 0.717) is 5.02 Å². The van der Waals surface area contributed by atoms with Gasteiger partial charge in [0.1, 0.15) is 6.10 Å². The Labute approximate surface area is 118 Å². The molecule has 2 atom stereocenters. The molecule has 98 valence electrons. The summed E-state index contributed by atoms with van der Waals surface area (Å²) >= 11 is 6.15. The third-order valence-electron chi connectivity index (χ3n) is 3.69. The van der Waals surface area contributed by atoms with Crippen LogP contribution in [0.5, 0.6) is 0 Å². The Morgan fingerprint density at radius 2 is 1.84 bits per heavy atom. The van der Waals surface area contributed by atoms with Gasteiger partial charge in [-0.1, -0.05) is 48.0 Å². The van der Waals surface area contributed by atoms with Crippen LogP contribution in [0.25, 0.3) is 0 Å². The molecular weight excluding hydrogens is 258 g/mol. The van der Waals surface area contributed by atoms with E-state index in [1.165, 1.54) is 5.56 Å². The van der Waals surface area contributed by atoms with Gasteiger partial charge in [0.15, 0.2) is 0 Å². The average molecular weight is 274 g/mol. The van der Waals surface area contributed by atoms with Gasteiger partial charge in [0.25, 0.3) is 0 Å². The summed E-state index contributed by atoms with van der Waals surface area (Å²) in [6.07, 6.45) is 1.31. The molecule has 0 aromatic heterocycles. The van der Waals surface area contributed by atoms with Crippen LogP contribution in [0.2, 0.25) is 5.02 Å². The molecule has 3 heteroatoms. The van der Waals surface area contributed by atoms with Crippen LogP contribution >= 0.6 is 11.6 Å². The summed E-state index contributed by atoms with van der Waals surface area (Å²) in [6.45, 7) is 0. The number of hydrogen-bond acceptors (Lipinski definition) is 2. The number of benzene rings is 2. The molecule has 0 fully saturated rings. The van der Waals surface area contributed by atoms with Crippen LogP contribution in [0, 0.1) is 0 Å². The molecule has 0 aliphatic carbocycles. The number of para-hydroxylation sites is 1. The molecule has 2 unspecified atom stereocenters. The first kappa shape index (κ1) is 12.5. The van der Waals surface area contributed by atoms with E-state index in [1.807, 2.05) is 36.4 Å². The quantitative estimate of drug-likeness (QED) is 0.872. The monoisotopic (exact) mass is 273 g/mol. The van der Waals surface area contributed by atoms with E-state index in [4.69, 9.17) is 11.6 Å². The maximum Gasteiger partial charge on any atom is 0.100 e. The molecule has 0 bridgehead atoms. The predicted molar refractivity (Wildman–Crippen MR) is 78.6 cm³/mol. The fraction of sp³-hybridized carbons (Fsp3) is 0.250. The van der Waals surface area contributed by atoms with Crippen molar-refractivity contribution in [3.63, 3.8) is 0 Å². The molecule has 0 amide bonds. The number of rotatable bonds is 2. The van der Waals surface area contributed by atoms with Gasteiger partial charge in [0.2, 0.25) is 0 Å². The van der Waals surface area contributed by atoms with Crippen molar-refractivity contribution in [1.82, 2.24) is 0 Å². The molecule has 1 heterocycles. The Hall–Kier alpha value is -1.51. The number of aliphatic hydroxyl groups is 1. The number of anilines is 1. The van der Waals surface area contributed by atoms with Crippen molar-refractivity contribution in [1.29, 1.82) is 0 Å². The van der Waals surface area contributed by atoms with Gasteiger partial charge in [-0.3, -0.25) is 0 Å². The van der Waals surface area contributed by atoms with Gasteiger partial charge < -0.3 is 10.4 Å². The SMILES string of the molecule is OC(c1ccccc1Cl)C1CCc2ccccc2N1. The smallest absolute Gasteiger partial charge is 0.100 e. The molecular formula is C16H16ClNO. The normalized spacial score (nSPS) is 19.4. The summed E-state index contributed by atoms with van der Waals surface area (Å²) in [6, 6.07) is 15.7. The highest BCUT2D eigenvalue weighted by Crippen LogP contribution is 2.32. The summed E-state index contributed by atoms with van der Waals surface area (Å²) in [5, 5.41) is 14.5. The van der Waals surface area contributed by atoms with E-state index in [9.17, 15) is 5.11 Å². The number of hydrogen-bond donors (Lipinski definition) is 2. The Kier molecular flexibility index (Phi) is 3.45. The zero-order chi connectivity index (χ0) is 13.2. The van der Waals surface area contributed by atoms with Crippen molar-refractivity contribution in [2.75, 3.05) is 5.32 Å². The van der Waals surface area contributed by atoms with Crippen molar-refractivity contribution in [3.8, 4) is 0 Å². The van der Waals surface area contributed by atoms with E-state index in [2.05, 4.69) is 17.4 Å². The van der Waals surface area contributed by atoms with E-state index >= 15 is 0 Å². The van der Waals surface area contributed by atoms with Gasteiger partial charge >= 0.3 is 0 Å². The number of nitrogens with one attached hydrogen (secondary N) is 1. The molecule has 2 aromatic carbocycles. The highest BCUT2D eigenvalue weighted by atomic mass is 35.5. The second kappa shape index (κ2) is 5.24. The third-order valence-corrected chi connectivity index (χ3v) is 4.03. The lowest BCUT2D eigenvalue weighted by Crippen LogP contribution is -2.31. The molecule has 3 rings (SSSR count). The maximum atomic E-state index is 10.5. The zero-order valence-electron chi connectivity index (χ0n) is 10.5. The number of halogens is 1. The van der Waals surface area contributed by atoms with E-state index < -0.39 is 6.10 Å². The van der Waals surface area contributed by atoms with Crippen LogP contribution in [-0.2, 0) is 6.42 Å². The summed E-state index contributed by atoms with van der Waals surface area (Å²) in [7, 11) is 0. The second-order valence-electron chi connectivity index (χ2n) is 4.91. The Morgan fingerprint density at radius 1 is 1.11 bits per heavy atom. The lowest BCUT2D eigenvalue weighted by molar-refractivity contribution is 0.149. The minimum absolute atomic E-state index is 0.00907. The fourth-order valence-corrected chi connectivity index (χ4v) is 2.88. The third kappa shape index (κ3) is 2.46. The van der Waals surface area contributed by atoms with Crippen LogP contribution in [0.3, 0.4) is 0 Å². The minimum atomic E-state index is -0.581. The molecule has 0 spiro atoms. The Balaban J connectivity index is 1.83. The fourth-order valence-electron chi connectivity index (χ4n) is 2.63. The summed E-state index contributed by atoms with van der Waals surface area (Å²) in [5.74, 6) is 0. The number of aliphatic hydroxyl groups excluding tert-OH is 1. The first-order valence-corrected chi connectivity index (χ1v) is 6.90. The van der Waals surface area contributed by atoms with Gasteiger partial charge in [0, 0.05) is 16.3 Å². The van der Waals surface area contributed by atoms with Crippen molar-refractivity contribution >= 4 is 17.3 Å². The average Bonchev–Trinajstić information content (AvgIpc) is 2.46. The lowest BCUT2D eigenvalue weighted by Gasteiger charge is -2.31. The molecule has 1 aliphatic heterocycles. The van der Waals surface area contributed by atoms with Crippen LogP contribution in [0.1, 0.15) is 23.7 Å². The van der Waals surface area contributed by atoms with Crippen LogP contribution in [-0.4, -0.2) is 11.1 Å². The molecule has 2 nitrogen and oxygen atoms in total. The van der Waals surface area contributed by atoms with Crippen LogP contribution < -0.4 is 5.32 Å². The standard InChI is InChI=1S/C16H16ClNO/c17-13-7-3-2-6-12(13)16(19)15-10-9-11-5-1-4-8-14(11)18-15/h1-8,15-16,18-19H,9-10H2. The van der Waals surface area contributed by atoms with Crippen molar-refractivity contribution in [2.24, 2.45) is 0 Å². The van der Waals surface area contributed by atoms with Gasteiger partial charge in [-0.15, -0.1) is 0 Å². The summed E-state index contributed by atoms with van der Waals surface area (Å²) in [5.41, 5.74) is 3.22. The molecule has 2 aromatic rings. The Morgan fingerprint density at radius 3 is 2.68 bits per heavy atom. The molecule has 0 saturated carbocycles. The largest absolute Gasteiger partial charge is 0.386 e. The predicted octanol–water partition coefficient (Wildman–Crippen LogP) is 3.80. The van der Waals surface area contributed by atoms with E-state index in [0.717, 1.165) is 24.1 Å². The van der Waals surface area contributed by atoms with Crippen LogP contribution in [0.15, 0.2) is 48.5 Å². The second-order valence-corrected chi connectivity index (χ2v) is 5.32. The first-order chi connectivity index (χ1) is 9.25. The lowest BCUT2D eigenvalue weighted by atomic mass is 9.92. The van der Waals surface area contributed by atoms with Gasteiger partial charge in [0.05, 0.1) is 6.04 Å². The Bertz CT molecular complexity index is 584. The van der Waals surface area contributed by atoms with Crippen molar-refractivity contribution in [3.05, 3.63) is 64.7 Å². The molecule has 0 radical (unpaired) electrons. The van der Waals surface area contributed by atoms with Crippen molar-refractivity contribution < 1.29 is 5.11 Å². The zero-order valence-corrected chi connectivity index (χ0v) is 11.3. The topological polar surface area (TPSA) is 32.3 Å². The highest BCUT2D eigenvalue weighted by Gasteiger charge is 2.26. The molecule has 0 saturated heterocycles. The highest BCUT2D eigenvalue weighted by molar-refractivity contribution is 6.31. The van der Waals surface area contributed by atoms with Gasteiger partial charge in [-0.25, -0.2) is 0 Å². The molecule has 19 heavy (non-hydrogen) atoms. The summed E-state index contributed by atoms with van der Waals surface area (Å²) < 4.78 is 0. The number of fused-ring (bicyclic) bond motifs is 1. The molecule has 1 aliphatic rings.